The number of nitrogens with zero attached hydrogens (tertiary/aromatic N) is 1. The van der Waals surface area contributed by atoms with Gasteiger partial charge in [0.05, 0.1) is 0 Å². The molecule has 11 aromatic carbocycles. The van der Waals surface area contributed by atoms with Gasteiger partial charge in [0, 0.05) is 37.2 Å². The Morgan fingerprint density at radius 3 is 1.36 bits per heavy atom. The predicted molar refractivity (Wildman–Crippen MR) is 276 cm³/mol. The molecule has 0 saturated heterocycles. The van der Waals surface area contributed by atoms with Crippen LogP contribution in [-0.2, 0) is 0 Å². The van der Waals surface area contributed by atoms with Gasteiger partial charge in [-0.05, 0) is 126 Å². The van der Waals surface area contributed by atoms with Gasteiger partial charge in [0.2, 0.25) is 0 Å². The van der Waals surface area contributed by atoms with Gasteiger partial charge in [-0.1, -0.05) is 200 Å². The van der Waals surface area contributed by atoms with Crippen LogP contribution in [0.5, 0.6) is 0 Å². The molecule has 1 aromatic heterocycles. The molecule has 300 valence electrons. The SMILES string of the molecule is c1ccc(-c2ccc(N(c3ccc(-c4ccc5c(c4)c(-c4ccccc4)c(-c4ccccc4)c4ccccc45)cc3)c3ccc4c(c3)sc3ccccc34)cc2-c2ccccc2)cc1. The number of thiophene rings is 1. The van der Waals surface area contributed by atoms with E-state index in [1.165, 1.54) is 97.4 Å². The smallest absolute Gasteiger partial charge is 0.0476 e. The largest absolute Gasteiger partial charge is 0.310 e. The van der Waals surface area contributed by atoms with E-state index in [-0.39, 0.29) is 0 Å². The maximum absolute atomic E-state index is 2.42. The molecule has 0 unspecified atom stereocenters. The highest BCUT2D eigenvalue weighted by molar-refractivity contribution is 7.25. The molecule has 64 heavy (non-hydrogen) atoms. The van der Waals surface area contributed by atoms with Crippen molar-refractivity contribution in [1.82, 2.24) is 0 Å². The van der Waals surface area contributed by atoms with Crippen LogP contribution in [0.2, 0.25) is 0 Å². The lowest BCUT2D eigenvalue weighted by atomic mass is 9.84. The second kappa shape index (κ2) is 16.0. The van der Waals surface area contributed by atoms with Crippen molar-refractivity contribution >= 4 is 70.1 Å². The Balaban J connectivity index is 1.03. The molecule has 1 heterocycles. The molecular formula is C62H41NS. The molecule has 0 aliphatic heterocycles. The molecule has 0 amide bonds. The van der Waals surface area contributed by atoms with Gasteiger partial charge in [0.1, 0.15) is 0 Å². The highest BCUT2D eigenvalue weighted by atomic mass is 32.1. The van der Waals surface area contributed by atoms with Crippen LogP contribution >= 0.6 is 11.3 Å². The van der Waals surface area contributed by atoms with E-state index in [0.29, 0.717) is 0 Å². The molecule has 0 atom stereocenters. The van der Waals surface area contributed by atoms with Crippen LogP contribution in [0.25, 0.3) is 97.4 Å². The Morgan fingerprint density at radius 2 is 0.688 bits per heavy atom. The third-order valence-corrected chi connectivity index (χ3v) is 13.8. The van der Waals surface area contributed by atoms with Crippen molar-refractivity contribution < 1.29 is 0 Å². The van der Waals surface area contributed by atoms with Crippen LogP contribution in [0, 0.1) is 0 Å². The average molecular weight is 832 g/mol. The summed E-state index contributed by atoms with van der Waals surface area (Å²) in [6, 6.07) is 90.9. The van der Waals surface area contributed by atoms with E-state index in [9.17, 15) is 0 Å². The molecule has 0 spiro atoms. The Hall–Kier alpha value is -8.04. The van der Waals surface area contributed by atoms with E-state index in [4.69, 9.17) is 0 Å². The van der Waals surface area contributed by atoms with Crippen LogP contribution in [0.4, 0.5) is 17.1 Å². The highest BCUT2D eigenvalue weighted by Gasteiger charge is 2.20. The maximum Gasteiger partial charge on any atom is 0.0476 e. The monoisotopic (exact) mass is 831 g/mol. The van der Waals surface area contributed by atoms with Crippen molar-refractivity contribution in [2.45, 2.75) is 0 Å². The van der Waals surface area contributed by atoms with Crippen molar-refractivity contribution in [3.8, 4) is 55.6 Å². The molecule has 2 heteroatoms. The first kappa shape index (κ1) is 37.7. The average Bonchev–Trinajstić information content (AvgIpc) is 3.75. The van der Waals surface area contributed by atoms with Gasteiger partial charge in [0.15, 0.2) is 0 Å². The summed E-state index contributed by atoms with van der Waals surface area (Å²) in [7, 11) is 0. The molecule has 0 N–H and O–H groups in total. The van der Waals surface area contributed by atoms with Gasteiger partial charge >= 0.3 is 0 Å². The van der Waals surface area contributed by atoms with E-state index in [0.717, 1.165) is 17.1 Å². The van der Waals surface area contributed by atoms with E-state index < -0.39 is 0 Å². The van der Waals surface area contributed by atoms with E-state index in [1.807, 2.05) is 11.3 Å². The lowest BCUT2D eigenvalue weighted by molar-refractivity contribution is 1.29. The maximum atomic E-state index is 2.42. The minimum atomic E-state index is 1.10. The lowest BCUT2D eigenvalue weighted by Gasteiger charge is -2.27. The van der Waals surface area contributed by atoms with E-state index in [2.05, 4.69) is 254 Å². The fourth-order valence-corrected chi connectivity index (χ4v) is 10.8. The molecule has 0 aliphatic carbocycles. The number of hydrogen-bond donors (Lipinski definition) is 0. The van der Waals surface area contributed by atoms with Crippen molar-refractivity contribution in [3.63, 3.8) is 0 Å². The fourth-order valence-electron chi connectivity index (χ4n) is 9.68. The first-order chi connectivity index (χ1) is 31.7. The highest BCUT2D eigenvalue weighted by Crippen LogP contribution is 2.47. The first-order valence-corrected chi connectivity index (χ1v) is 22.7. The summed E-state index contributed by atoms with van der Waals surface area (Å²) in [6.07, 6.45) is 0. The zero-order valence-corrected chi connectivity index (χ0v) is 35.8. The summed E-state index contributed by atoms with van der Waals surface area (Å²) in [5.74, 6) is 0. The molecule has 0 aliphatic rings. The normalized spacial score (nSPS) is 11.4. The van der Waals surface area contributed by atoms with Crippen molar-refractivity contribution in [2.24, 2.45) is 0 Å². The summed E-state index contributed by atoms with van der Waals surface area (Å²) in [5.41, 5.74) is 15.4. The zero-order valence-electron chi connectivity index (χ0n) is 35.0. The minimum absolute atomic E-state index is 1.10. The standard InChI is InChI=1S/C62H41NS/c1-5-17-43(18-6-1)51-37-34-49(40-57(51)44-19-7-2-8-20-44)63(50-35-38-55-54-26-15-16-28-59(54)64-60(55)41-50)48-32-29-42(30-33-48)47-31-36-53-52-25-13-14-27-56(52)61(45-21-9-3-10-22-45)62(58(53)39-47)46-23-11-4-12-24-46/h1-41H. The Kier molecular flexibility index (Phi) is 9.43. The van der Waals surface area contributed by atoms with Crippen LogP contribution in [0.1, 0.15) is 0 Å². The third-order valence-electron chi connectivity index (χ3n) is 12.7. The third kappa shape index (κ3) is 6.64. The predicted octanol–water partition coefficient (Wildman–Crippen LogP) is 18.2. The topological polar surface area (TPSA) is 3.24 Å². The summed E-state index contributed by atoms with van der Waals surface area (Å²) in [4.78, 5) is 2.42. The lowest BCUT2D eigenvalue weighted by Crippen LogP contribution is -2.10. The van der Waals surface area contributed by atoms with Crippen molar-refractivity contribution in [2.75, 3.05) is 4.90 Å². The second-order valence-electron chi connectivity index (χ2n) is 16.4. The summed E-state index contributed by atoms with van der Waals surface area (Å²) in [5, 5.41) is 7.62. The second-order valence-corrected chi connectivity index (χ2v) is 17.5. The first-order valence-electron chi connectivity index (χ1n) is 21.9. The number of anilines is 3. The van der Waals surface area contributed by atoms with Gasteiger partial charge in [-0.3, -0.25) is 0 Å². The Bertz CT molecular complexity index is 3630. The van der Waals surface area contributed by atoms with Crippen molar-refractivity contribution in [1.29, 1.82) is 0 Å². The van der Waals surface area contributed by atoms with Crippen LogP contribution < -0.4 is 4.90 Å². The van der Waals surface area contributed by atoms with Crippen LogP contribution in [-0.4, -0.2) is 0 Å². The van der Waals surface area contributed by atoms with Gasteiger partial charge in [-0.15, -0.1) is 11.3 Å². The molecule has 0 fully saturated rings. The summed E-state index contributed by atoms with van der Waals surface area (Å²) < 4.78 is 2.58. The Labute approximate surface area is 377 Å². The quantitative estimate of drug-likeness (QED) is 0.138. The molecular weight excluding hydrogens is 791 g/mol. The van der Waals surface area contributed by atoms with Gasteiger partial charge < -0.3 is 4.90 Å². The van der Waals surface area contributed by atoms with E-state index >= 15 is 0 Å². The molecule has 0 radical (unpaired) electrons. The summed E-state index contributed by atoms with van der Waals surface area (Å²) >= 11 is 1.86. The van der Waals surface area contributed by atoms with Gasteiger partial charge in [-0.25, -0.2) is 0 Å². The number of hydrogen-bond acceptors (Lipinski definition) is 2. The van der Waals surface area contributed by atoms with Crippen LogP contribution in [0.15, 0.2) is 249 Å². The van der Waals surface area contributed by atoms with E-state index in [1.54, 1.807) is 0 Å². The van der Waals surface area contributed by atoms with Gasteiger partial charge in [0.25, 0.3) is 0 Å². The zero-order chi connectivity index (χ0) is 42.4. The van der Waals surface area contributed by atoms with Crippen LogP contribution in [0.3, 0.4) is 0 Å². The molecule has 0 bridgehead atoms. The van der Waals surface area contributed by atoms with Gasteiger partial charge in [-0.2, -0.15) is 0 Å². The number of rotatable bonds is 8. The number of benzene rings is 11. The van der Waals surface area contributed by atoms with Crippen molar-refractivity contribution in [3.05, 3.63) is 249 Å². The fraction of sp³-hybridized carbons (Fsp3) is 0. The molecule has 1 nitrogen and oxygen atoms in total. The minimum Gasteiger partial charge on any atom is -0.310 e. The summed E-state index contributed by atoms with van der Waals surface area (Å²) in [6.45, 7) is 0. The molecule has 12 rings (SSSR count). The molecule has 0 saturated carbocycles. The Morgan fingerprint density at radius 1 is 0.234 bits per heavy atom. The molecule has 12 aromatic rings. The number of fused-ring (bicyclic) bond motifs is 6.